The molecule has 11 heteroatoms. The molecule has 46 heavy (non-hydrogen) atoms. The van der Waals surface area contributed by atoms with Crippen molar-refractivity contribution in [3.8, 4) is 0 Å². The minimum atomic E-state index is -0.954. The number of ether oxygens (including phenoxy) is 6. The highest BCUT2D eigenvalue weighted by Gasteiger charge is 2.67. The number of carbonyl (C=O) groups is 1. The van der Waals surface area contributed by atoms with Crippen LogP contribution in [0.2, 0.25) is 0 Å². The molecule has 3 saturated heterocycles. The van der Waals surface area contributed by atoms with Crippen LogP contribution in [0.3, 0.4) is 0 Å². The zero-order valence-electron chi connectivity index (χ0n) is 28.4. The molecule has 4 saturated carbocycles. The van der Waals surface area contributed by atoms with Crippen LogP contribution in [0.5, 0.6) is 0 Å². The first-order valence-electron chi connectivity index (χ1n) is 17.9. The van der Waals surface area contributed by atoms with E-state index in [0.717, 1.165) is 51.4 Å². The Morgan fingerprint density at radius 2 is 1.57 bits per heavy atom. The maximum absolute atomic E-state index is 12.2. The van der Waals surface area contributed by atoms with Crippen molar-refractivity contribution in [2.45, 2.75) is 178 Å². The molecule has 4 aliphatic carbocycles. The van der Waals surface area contributed by atoms with Gasteiger partial charge in [0.15, 0.2) is 18.4 Å². The molecule has 0 unspecified atom stereocenters. The van der Waals surface area contributed by atoms with Gasteiger partial charge in [-0.15, -0.1) is 0 Å². The lowest BCUT2D eigenvalue weighted by Crippen LogP contribution is -2.67. The number of aliphatic hydroxyl groups is 2. The third-order valence-corrected chi connectivity index (χ3v) is 14.1. The van der Waals surface area contributed by atoms with Gasteiger partial charge in [-0.1, -0.05) is 13.8 Å². The molecule has 0 aromatic rings. The molecule has 7 rings (SSSR count). The van der Waals surface area contributed by atoms with Gasteiger partial charge in [0.2, 0.25) is 0 Å². The standard InChI is InChI=1S/C35H57NO10/c1-17-26(38)24(37)16-25(41-17)44-27-18(2)42-31(29-28(27)45-32(3,4)46-29)43-20-9-12-33(5)19(15-20)7-8-22-21(33)10-13-34(6)23(30(39)40)11-14-35(22,34)36/h17-29,31,37-38H,7-16,36H2,1-6H3,(H,39,40)/t17-,18+,19-,20+,21+,22-,23-,24+,25+,26-,27+,28-,29-,31+,33+,34-,35+/m1/s1. The molecule has 0 aromatic carbocycles. The van der Waals surface area contributed by atoms with Crippen LogP contribution >= 0.6 is 0 Å². The third kappa shape index (κ3) is 5.21. The first-order valence-corrected chi connectivity index (χ1v) is 17.9. The van der Waals surface area contributed by atoms with E-state index < -0.39 is 66.5 Å². The monoisotopic (exact) mass is 651 g/mol. The van der Waals surface area contributed by atoms with E-state index in [-0.39, 0.29) is 35.4 Å². The second-order valence-electron chi connectivity index (χ2n) is 16.9. The number of aliphatic carboxylic acids is 1. The summed E-state index contributed by atoms with van der Waals surface area (Å²) in [4.78, 5) is 12.2. The fourth-order valence-corrected chi connectivity index (χ4v) is 11.5. The van der Waals surface area contributed by atoms with Crippen molar-refractivity contribution in [3.05, 3.63) is 0 Å². The normalized spacial score (nSPS) is 56.4. The van der Waals surface area contributed by atoms with Crippen molar-refractivity contribution in [1.82, 2.24) is 0 Å². The van der Waals surface area contributed by atoms with E-state index in [0.29, 0.717) is 24.2 Å². The molecule has 0 amide bonds. The minimum Gasteiger partial charge on any atom is -0.481 e. The second kappa shape index (κ2) is 11.6. The lowest BCUT2D eigenvalue weighted by molar-refractivity contribution is -0.328. The highest BCUT2D eigenvalue weighted by molar-refractivity contribution is 5.72. The van der Waals surface area contributed by atoms with Crippen LogP contribution in [-0.4, -0.2) is 94.0 Å². The van der Waals surface area contributed by atoms with Crippen molar-refractivity contribution in [1.29, 1.82) is 0 Å². The first-order chi connectivity index (χ1) is 21.6. The second-order valence-corrected chi connectivity index (χ2v) is 16.9. The van der Waals surface area contributed by atoms with E-state index in [1.807, 2.05) is 20.8 Å². The quantitative estimate of drug-likeness (QED) is 0.321. The summed E-state index contributed by atoms with van der Waals surface area (Å²) in [6.45, 7) is 12.1. The Morgan fingerprint density at radius 3 is 2.28 bits per heavy atom. The summed E-state index contributed by atoms with van der Waals surface area (Å²) >= 11 is 0. The third-order valence-electron chi connectivity index (χ3n) is 14.1. The van der Waals surface area contributed by atoms with E-state index in [2.05, 4.69) is 13.8 Å². The highest BCUT2D eigenvalue weighted by Crippen LogP contribution is 2.68. The Hall–Kier alpha value is -0.890. The largest absolute Gasteiger partial charge is 0.481 e. The Balaban J connectivity index is 1.02. The molecule has 11 nitrogen and oxygen atoms in total. The van der Waals surface area contributed by atoms with Crippen molar-refractivity contribution in [2.75, 3.05) is 0 Å². The van der Waals surface area contributed by atoms with E-state index in [9.17, 15) is 20.1 Å². The molecule has 3 aliphatic heterocycles. The van der Waals surface area contributed by atoms with Crippen molar-refractivity contribution in [2.24, 2.45) is 40.2 Å². The fraction of sp³-hybridized carbons (Fsp3) is 0.971. The predicted octanol–water partition coefficient (Wildman–Crippen LogP) is 3.70. The van der Waals surface area contributed by atoms with Crippen LogP contribution in [0.4, 0.5) is 0 Å². The van der Waals surface area contributed by atoms with Crippen LogP contribution in [0, 0.1) is 34.5 Å². The average molecular weight is 652 g/mol. The molecule has 3 heterocycles. The summed E-state index contributed by atoms with van der Waals surface area (Å²) in [5, 5.41) is 30.5. The van der Waals surface area contributed by atoms with Gasteiger partial charge in [0.05, 0.1) is 30.3 Å². The molecule has 7 aliphatic rings. The summed E-state index contributed by atoms with van der Waals surface area (Å²) in [6, 6.07) is 0. The smallest absolute Gasteiger partial charge is 0.307 e. The number of carboxylic acids is 1. The molecule has 0 radical (unpaired) electrons. The van der Waals surface area contributed by atoms with E-state index in [1.165, 1.54) is 0 Å². The van der Waals surface area contributed by atoms with Crippen molar-refractivity contribution >= 4 is 5.97 Å². The van der Waals surface area contributed by atoms with Crippen LogP contribution in [0.15, 0.2) is 0 Å². The lowest BCUT2D eigenvalue weighted by atomic mass is 9.42. The van der Waals surface area contributed by atoms with Gasteiger partial charge in [-0.3, -0.25) is 4.79 Å². The molecule has 7 fully saturated rings. The van der Waals surface area contributed by atoms with Gasteiger partial charge in [-0.25, -0.2) is 0 Å². The molecular weight excluding hydrogens is 594 g/mol. The van der Waals surface area contributed by atoms with Crippen LogP contribution in [0.1, 0.15) is 106 Å². The summed E-state index contributed by atoms with van der Waals surface area (Å²) in [5.41, 5.74) is 6.72. The molecule has 0 bridgehead atoms. The summed E-state index contributed by atoms with van der Waals surface area (Å²) < 4.78 is 38.3. The Morgan fingerprint density at radius 1 is 0.826 bits per heavy atom. The van der Waals surface area contributed by atoms with Crippen molar-refractivity contribution < 1.29 is 48.5 Å². The van der Waals surface area contributed by atoms with Crippen LogP contribution in [-0.2, 0) is 33.2 Å². The number of rotatable bonds is 5. The number of fused-ring (bicyclic) bond motifs is 6. The van der Waals surface area contributed by atoms with E-state index in [1.54, 1.807) is 6.92 Å². The van der Waals surface area contributed by atoms with Gasteiger partial charge in [-0.05, 0) is 114 Å². The first kappa shape index (κ1) is 33.6. The fourth-order valence-electron chi connectivity index (χ4n) is 11.5. The highest BCUT2D eigenvalue weighted by atomic mass is 16.8. The number of nitrogens with two attached hydrogens (primary N) is 1. The maximum Gasteiger partial charge on any atom is 0.307 e. The van der Waals surface area contributed by atoms with E-state index >= 15 is 0 Å². The average Bonchev–Trinajstić information content (AvgIpc) is 3.46. The predicted molar refractivity (Wildman–Crippen MR) is 165 cm³/mol. The minimum absolute atomic E-state index is 0.0278. The Kier molecular flexibility index (Phi) is 8.46. The van der Waals surface area contributed by atoms with Gasteiger partial charge in [0.1, 0.15) is 24.4 Å². The molecular formula is C35H57NO10. The molecule has 0 aromatic heterocycles. The topological polar surface area (TPSA) is 159 Å². The number of hydrogen-bond donors (Lipinski definition) is 4. The Bertz CT molecular complexity index is 1160. The van der Waals surface area contributed by atoms with Gasteiger partial charge >= 0.3 is 5.97 Å². The molecule has 0 spiro atoms. The van der Waals surface area contributed by atoms with E-state index in [4.69, 9.17) is 34.2 Å². The lowest BCUT2D eigenvalue weighted by Gasteiger charge is -2.64. The zero-order chi connectivity index (χ0) is 33.0. The SMILES string of the molecule is C[C@@H]1O[C@@H](O[C@H]2CC[C@@]3(C)[C@H](CC[C@@H]4[C@@H]3CC[C@]3(C)[C@@H](C(=O)O)CC[C@]43N)C2)[C@@H]2OC(C)(C)O[C@@H]2[C@H]1O[C@H]1C[C@H](O)[C@H](O)[C@@H](C)O1. The summed E-state index contributed by atoms with van der Waals surface area (Å²) in [5.74, 6) is -0.497. The van der Waals surface area contributed by atoms with Crippen molar-refractivity contribution in [3.63, 3.8) is 0 Å². The van der Waals surface area contributed by atoms with Gasteiger partial charge in [0, 0.05) is 12.0 Å². The van der Waals surface area contributed by atoms with Crippen LogP contribution in [0.25, 0.3) is 0 Å². The number of carboxylic acid groups (broad SMARTS) is 1. The van der Waals surface area contributed by atoms with Gasteiger partial charge in [-0.2, -0.15) is 0 Å². The summed E-state index contributed by atoms with van der Waals surface area (Å²) in [6.07, 6.45) is 3.11. The number of aliphatic hydroxyl groups excluding tert-OH is 2. The molecule has 17 atom stereocenters. The molecule has 5 N–H and O–H groups in total. The molecule has 262 valence electrons. The number of hydrogen-bond acceptors (Lipinski definition) is 10. The Labute approximate surface area is 273 Å². The van der Waals surface area contributed by atoms with Crippen LogP contribution < -0.4 is 5.73 Å². The maximum atomic E-state index is 12.2. The zero-order valence-corrected chi connectivity index (χ0v) is 28.4. The van der Waals surface area contributed by atoms with Gasteiger partial charge in [0.25, 0.3) is 0 Å². The van der Waals surface area contributed by atoms with Gasteiger partial charge < -0.3 is 49.5 Å². The summed E-state index contributed by atoms with van der Waals surface area (Å²) in [7, 11) is 0.